The van der Waals surface area contributed by atoms with Crippen molar-refractivity contribution in [2.24, 2.45) is 0 Å². The summed E-state index contributed by atoms with van der Waals surface area (Å²) >= 11 is 0. The summed E-state index contributed by atoms with van der Waals surface area (Å²) in [6.07, 6.45) is 5.28. The van der Waals surface area contributed by atoms with Gasteiger partial charge in [0.05, 0.1) is 5.69 Å². The van der Waals surface area contributed by atoms with Gasteiger partial charge in [0.2, 0.25) is 10.0 Å². The molecular formula is C20H20N4O3S. The van der Waals surface area contributed by atoms with Gasteiger partial charge in [-0.15, -0.1) is 0 Å². The van der Waals surface area contributed by atoms with Crippen LogP contribution < -0.4 is 10.3 Å². The van der Waals surface area contributed by atoms with Crippen molar-refractivity contribution in [2.75, 3.05) is 6.54 Å². The topological polar surface area (TPSA) is 93.9 Å². The molecular weight excluding hydrogens is 376 g/mol. The van der Waals surface area contributed by atoms with E-state index in [-0.39, 0.29) is 12.1 Å². The lowest BCUT2D eigenvalue weighted by molar-refractivity contribution is 0.539. The Labute approximate surface area is 163 Å². The summed E-state index contributed by atoms with van der Waals surface area (Å²) in [5, 5.41) is 5.47. The third-order valence-electron chi connectivity index (χ3n) is 3.93. The van der Waals surface area contributed by atoms with Gasteiger partial charge in [0.1, 0.15) is 0 Å². The Morgan fingerprint density at radius 1 is 1.00 bits per heavy atom. The van der Waals surface area contributed by atoms with E-state index >= 15 is 0 Å². The minimum absolute atomic E-state index is 0.203. The Kier molecular flexibility index (Phi) is 6.46. The van der Waals surface area contributed by atoms with Gasteiger partial charge >= 0.3 is 0 Å². The van der Waals surface area contributed by atoms with Crippen molar-refractivity contribution in [2.45, 2.75) is 13.0 Å². The van der Waals surface area contributed by atoms with Gasteiger partial charge in [-0.05, 0) is 36.3 Å². The molecule has 0 spiro atoms. The Hall–Kier alpha value is -3.10. The van der Waals surface area contributed by atoms with Gasteiger partial charge < -0.3 is 0 Å². The number of nitrogens with zero attached hydrogens (tertiary/aromatic N) is 3. The molecule has 0 aliphatic heterocycles. The molecule has 0 amide bonds. The van der Waals surface area contributed by atoms with Gasteiger partial charge in [0, 0.05) is 42.5 Å². The summed E-state index contributed by atoms with van der Waals surface area (Å²) in [7, 11) is -3.54. The van der Waals surface area contributed by atoms with Crippen LogP contribution in [0.25, 0.3) is 17.3 Å². The molecule has 1 aromatic carbocycles. The number of aromatic nitrogens is 3. The van der Waals surface area contributed by atoms with Gasteiger partial charge in [-0.3, -0.25) is 9.78 Å². The van der Waals surface area contributed by atoms with E-state index in [1.165, 1.54) is 16.8 Å². The van der Waals surface area contributed by atoms with Crippen LogP contribution in [-0.4, -0.2) is 29.7 Å². The molecule has 144 valence electrons. The van der Waals surface area contributed by atoms with Crippen LogP contribution in [0.15, 0.2) is 77.2 Å². The van der Waals surface area contributed by atoms with Crippen LogP contribution in [0.4, 0.5) is 0 Å². The predicted octanol–water partition coefficient (Wildman–Crippen LogP) is 2.29. The first-order valence-electron chi connectivity index (χ1n) is 8.75. The average Bonchev–Trinajstić information content (AvgIpc) is 2.72. The van der Waals surface area contributed by atoms with E-state index in [1.807, 2.05) is 42.5 Å². The zero-order valence-electron chi connectivity index (χ0n) is 15.1. The van der Waals surface area contributed by atoms with Gasteiger partial charge in [0.15, 0.2) is 0 Å². The Morgan fingerprint density at radius 3 is 2.50 bits per heavy atom. The van der Waals surface area contributed by atoms with Gasteiger partial charge in [-0.25, -0.2) is 17.8 Å². The highest BCUT2D eigenvalue weighted by Crippen LogP contribution is 2.13. The Balaban J connectivity index is 1.56. The summed E-state index contributed by atoms with van der Waals surface area (Å²) < 4.78 is 27.9. The molecule has 0 saturated heterocycles. The lowest BCUT2D eigenvalue weighted by Crippen LogP contribution is -2.27. The fourth-order valence-corrected chi connectivity index (χ4v) is 3.37. The van der Waals surface area contributed by atoms with Gasteiger partial charge in [-0.2, -0.15) is 5.10 Å². The van der Waals surface area contributed by atoms with Crippen LogP contribution in [0.1, 0.15) is 12.0 Å². The number of benzene rings is 1. The van der Waals surface area contributed by atoms with Crippen LogP contribution in [0.2, 0.25) is 0 Å². The number of rotatable bonds is 8. The van der Waals surface area contributed by atoms with Crippen molar-refractivity contribution >= 4 is 16.1 Å². The van der Waals surface area contributed by atoms with Crippen LogP contribution >= 0.6 is 0 Å². The molecule has 0 bridgehead atoms. The van der Waals surface area contributed by atoms with Crippen LogP contribution in [0, 0.1) is 0 Å². The summed E-state index contributed by atoms with van der Waals surface area (Å²) in [5.74, 6) is 0. The zero-order chi connectivity index (χ0) is 19.8. The molecule has 2 aromatic heterocycles. The molecule has 0 atom stereocenters. The van der Waals surface area contributed by atoms with Crippen molar-refractivity contribution in [3.63, 3.8) is 0 Å². The van der Waals surface area contributed by atoms with Crippen LogP contribution in [-0.2, 0) is 16.6 Å². The number of hydrogen-bond donors (Lipinski definition) is 1. The van der Waals surface area contributed by atoms with Crippen molar-refractivity contribution in [3.8, 4) is 11.3 Å². The van der Waals surface area contributed by atoms with E-state index in [1.54, 1.807) is 18.5 Å². The summed E-state index contributed by atoms with van der Waals surface area (Å²) in [6, 6.07) is 15.9. The smallest absolute Gasteiger partial charge is 0.266 e. The highest BCUT2D eigenvalue weighted by Gasteiger charge is 2.06. The van der Waals surface area contributed by atoms with Crippen molar-refractivity contribution in [3.05, 3.63) is 88.3 Å². The Bertz CT molecular complexity index is 1100. The second kappa shape index (κ2) is 9.20. The molecule has 1 N–H and O–H groups in total. The van der Waals surface area contributed by atoms with E-state index in [0.29, 0.717) is 18.7 Å². The molecule has 0 unspecified atom stereocenters. The maximum absolute atomic E-state index is 12.0. The van der Waals surface area contributed by atoms with E-state index < -0.39 is 10.0 Å². The molecule has 7 nitrogen and oxygen atoms in total. The quantitative estimate of drug-likeness (QED) is 0.590. The maximum Gasteiger partial charge on any atom is 0.266 e. The number of aryl methyl sites for hydroxylation is 1. The summed E-state index contributed by atoms with van der Waals surface area (Å²) in [5.41, 5.74) is 2.09. The highest BCUT2D eigenvalue weighted by molar-refractivity contribution is 7.92. The predicted molar refractivity (Wildman–Crippen MR) is 109 cm³/mol. The van der Waals surface area contributed by atoms with E-state index in [2.05, 4.69) is 14.8 Å². The molecule has 0 saturated carbocycles. The lowest BCUT2D eigenvalue weighted by atomic mass is 10.2. The largest absolute Gasteiger partial charge is 0.268 e. The molecule has 2 heterocycles. The molecule has 0 radical (unpaired) electrons. The minimum atomic E-state index is -3.54. The SMILES string of the molecule is O=c1ccc(-c2ccncc2)nn1CCCNS(=O)(=O)C=Cc1ccccc1. The lowest BCUT2D eigenvalue weighted by Gasteiger charge is -2.07. The van der Waals surface area contributed by atoms with Crippen LogP contribution in [0.3, 0.4) is 0 Å². The fraction of sp³-hybridized carbons (Fsp3) is 0.150. The third kappa shape index (κ3) is 5.70. The first kappa shape index (κ1) is 19.7. The molecule has 3 aromatic rings. The summed E-state index contributed by atoms with van der Waals surface area (Å²) in [4.78, 5) is 16.0. The number of sulfonamides is 1. The molecule has 0 aliphatic rings. The molecule has 0 aliphatic carbocycles. The van der Waals surface area contributed by atoms with E-state index in [9.17, 15) is 13.2 Å². The molecule has 0 fully saturated rings. The highest BCUT2D eigenvalue weighted by atomic mass is 32.2. The van der Waals surface area contributed by atoms with Crippen LogP contribution in [0.5, 0.6) is 0 Å². The zero-order valence-corrected chi connectivity index (χ0v) is 15.9. The number of hydrogen-bond acceptors (Lipinski definition) is 5. The minimum Gasteiger partial charge on any atom is -0.268 e. The van der Waals surface area contributed by atoms with Crippen molar-refractivity contribution in [1.29, 1.82) is 0 Å². The first-order valence-corrected chi connectivity index (χ1v) is 10.3. The average molecular weight is 396 g/mol. The summed E-state index contributed by atoms with van der Waals surface area (Å²) in [6.45, 7) is 0.512. The van der Waals surface area contributed by atoms with Gasteiger partial charge in [-0.1, -0.05) is 30.3 Å². The standard InChI is InChI=1S/C20H20N4O3S/c25-20-8-7-19(18-9-13-21-14-10-18)23-24(20)15-4-12-22-28(26,27)16-11-17-5-2-1-3-6-17/h1-3,5-11,13-14,16,22H,4,12,15H2. The second-order valence-electron chi connectivity index (χ2n) is 6.02. The molecule has 28 heavy (non-hydrogen) atoms. The molecule has 8 heteroatoms. The Morgan fingerprint density at radius 2 is 1.75 bits per heavy atom. The maximum atomic E-state index is 12.0. The van der Waals surface area contributed by atoms with Gasteiger partial charge in [0.25, 0.3) is 5.56 Å². The number of nitrogens with one attached hydrogen (secondary N) is 1. The third-order valence-corrected chi connectivity index (χ3v) is 5.03. The van der Waals surface area contributed by atoms with Crippen molar-refractivity contribution in [1.82, 2.24) is 19.5 Å². The first-order chi connectivity index (χ1) is 13.5. The fourth-order valence-electron chi connectivity index (χ4n) is 2.51. The molecule has 3 rings (SSSR count). The normalized spacial score (nSPS) is 11.7. The van der Waals surface area contributed by atoms with Crippen molar-refractivity contribution < 1.29 is 8.42 Å². The second-order valence-corrected chi connectivity index (χ2v) is 7.67. The monoisotopic (exact) mass is 396 g/mol. The van der Waals surface area contributed by atoms with E-state index in [0.717, 1.165) is 16.5 Å². The van der Waals surface area contributed by atoms with E-state index in [4.69, 9.17) is 0 Å². The number of pyridine rings is 1.